The number of halogens is 1. The quantitative estimate of drug-likeness (QED) is 0.862. The number of carbonyl (C=O) groups excluding carboxylic acids is 1. The smallest absolute Gasteiger partial charge is 0.319 e. The van der Waals surface area contributed by atoms with E-state index in [1.807, 2.05) is 16.8 Å². The highest BCUT2D eigenvalue weighted by molar-refractivity contribution is 7.07. The van der Waals surface area contributed by atoms with E-state index >= 15 is 0 Å². The molecule has 0 spiro atoms. The molecule has 3 nitrogen and oxygen atoms in total. The lowest BCUT2D eigenvalue weighted by molar-refractivity contribution is 0.252. The Hall–Kier alpha value is -1.88. The van der Waals surface area contributed by atoms with Crippen molar-refractivity contribution in [3.8, 4) is 0 Å². The molecule has 0 aliphatic rings. The van der Waals surface area contributed by atoms with E-state index in [1.54, 1.807) is 11.3 Å². The second kappa shape index (κ2) is 5.45. The van der Waals surface area contributed by atoms with Gasteiger partial charge < -0.3 is 10.6 Å². The van der Waals surface area contributed by atoms with Crippen LogP contribution in [0.2, 0.25) is 0 Å². The first kappa shape index (κ1) is 11.6. The van der Waals surface area contributed by atoms with Crippen LogP contribution < -0.4 is 10.6 Å². The van der Waals surface area contributed by atoms with Gasteiger partial charge in [0.15, 0.2) is 0 Å². The minimum absolute atomic E-state index is 0.303. The van der Waals surface area contributed by atoms with E-state index in [4.69, 9.17) is 0 Å². The fourth-order valence-electron chi connectivity index (χ4n) is 1.28. The van der Waals surface area contributed by atoms with E-state index < -0.39 is 0 Å². The molecule has 0 fully saturated rings. The summed E-state index contributed by atoms with van der Waals surface area (Å²) in [5.74, 6) is -0.325. The number of rotatable bonds is 3. The van der Waals surface area contributed by atoms with Crippen molar-refractivity contribution < 1.29 is 9.18 Å². The summed E-state index contributed by atoms with van der Waals surface area (Å²) < 4.78 is 12.6. The minimum atomic E-state index is -0.325. The Kier molecular flexibility index (Phi) is 3.72. The molecule has 0 unspecified atom stereocenters. The molecule has 1 heterocycles. The fraction of sp³-hybridized carbons (Fsp3) is 0.0833. The Morgan fingerprint density at radius 3 is 2.65 bits per heavy atom. The summed E-state index contributed by atoms with van der Waals surface area (Å²) in [6, 6.07) is 7.27. The number of urea groups is 1. The molecule has 5 heteroatoms. The summed E-state index contributed by atoms with van der Waals surface area (Å²) in [4.78, 5) is 11.5. The summed E-state index contributed by atoms with van der Waals surface area (Å²) >= 11 is 1.58. The molecule has 0 atom stereocenters. The van der Waals surface area contributed by atoms with Gasteiger partial charge in [-0.3, -0.25) is 0 Å². The number of nitrogens with one attached hydrogen (secondary N) is 2. The van der Waals surface area contributed by atoms with Gasteiger partial charge in [-0.1, -0.05) is 0 Å². The first-order valence-electron chi connectivity index (χ1n) is 5.05. The second-order valence-corrected chi connectivity index (χ2v) is 4.23. The van der Waals surface area contributed by atoms with E-state index in [-0.39, 0.29) is 11.8 Å². The number of hydrogen-bond donors (Lipinski definition) is 2. The molecular weight excluding hydrogens is 239 g/mol. The van der Waals surface area contributed by atoms with Gasteiger partial charge in [0.1, 0.15) is 5.82 Å². The lowest BCUT2D eigenvalue weighted by Gasteiger charge is -2.06. The number of anilines is 1. The molecule has 1 aromatic heterocycles. The van der Waals surface area contributed by atoms with E-state index in [2.05, 4.69) is 10.6 Å². The number of amides is 2. The van der Waals surface area contributed by atoms with Crippen LogP contribution in [0, 0.1) is 5.82 Å². The molecule has 1 aromatic carbocycles. The summed E-state index contributed by atoms with van der Waals surface area (Å²) in [7, 11) is 0. The van der Waals surface area contributed by atoms with Gasteiger partial charge in [0.2, 0.25) is 0 Å². The van der Waals surface area contributed by atoms with Crippen molar-refractivity contribution in [1.82, 2.24) is 5.32 Å². The molecule has 0 aliphatic heterocycles. The van der Waals surface area contributed by atoms with E-state index in [9.17, 15) is 9.18 Å². The van der Waals surface area contributed by atoms with Gasteiger partial charge in [-0.2, -0.15) is 11.3 Å². The van der Waals surface area contributed by atoms with Crippen LogP contribution in [0.3, 0.4) is 0 Å². The Labute approximate surface area is 102 Å². The zero-order valence-corrected chi connectivity index (χ0v) is 9.76. The van der Waals surface area contributed by atoms with Crippen molar-refractivity contribution in [3.05, 3.63) is 52.5 Å². The normalized spacial score (nSPS) is 9.94. The maximum absolute atomic E-state index is 12.6. The van der Waals surface area contributed by atoms with Crippen LogP contribution in [0.4, 0.5) is 14.9 Å². The molecule has 2 rings (SSSR count). The minimum Gasteiger partial charge on any atom is -0.334 e. The van der Waals surface area contributed by atoms with E-state index in [1.165, 1.54) is 24.3 Å². The van der Waals surface area contributed by atoms with Gasteiger partial charge in [0, 0.05) is 12.2 Å². The molecule has 2 N–H and O–H groups in total. The Morgan fingerprint density at radius 1 is 1.24 bits per heavy atom. The van der Waals surface area contributed by atoms with Crippen LogP contribution in [0.25, 0.3) is 0 Å². The molecule has 17 heavy (non-hydrogen) atoms. The predicted octanol–water partition coefficient (Wildman–Crippen LogP) is 3.21. The molecule has 0 radical (unpaired) electrons. The highest BCUT2D eigenvalue weighted by Crippen LogP contribution is 2.08. The van der Waals surface area contributed by atoms with Crippen molar-refractivity contribution in [2.75, 3.05) is 5.32 Å². The summed E-state index contributed by atoms with van der Waals surface area (Å²) in [5.41, 5.74) is 1.62. The van der Waals surface area contributed by atoms with E-state index in [0.29, 0.717) is 12.2 Å². The Balaban J connectivity index is 1.83. The van der Waals surface area contributed by atoms with Crippen LogP contribution in [-0.4, -0.2) is 6.03 Å². The largest absolute Gasteiger partial charge is 0.334 e. The van der Waals surface area contributed by atoms with Gasteiger partial charge in [-0.15, -0.1) is 0 Å². The first-order valence-corrected chi connectivity index (χ1v) is 6.00. The summed E-state index contributed by atoms with van der Waals surface area (Å²) in [6.07, 6.45) is 0. The number of hydrogen-bond acceptors (Lipinski definition) is 2. The second-order valence-electron chi connectivity index (χ2n) is 3.45. The third-order valence-corrected chi connectivity index (χ3v) is 2.87. The SMILES string of the molecule is O=C(NCc1ccsc1)Nc1ccc(F)cc1. The van der Waals surface area contributed by atoms with Crippen molar-refractivity contribution in [3.63, 3.8) is 0 Å². The molecule has 2 aromatic rings. The van der Waals surface area contributed by atoms with Crippen LogP contribution in [0.5, 0.6) is 0 Å². The number of carbonyl (C=O) groups is 1. The molecular formula is C12H11FN2OS. The summed E-state index contributed by atoms with van der Waals surface area (Å²) in [6.45, 7) is 0.483. The molecule has 0 saturated heterocycles. The monoisotopic (exact) mass is 250 g/mol. The topological polar surface area (TPSA) is 41.1 Å². The number of thiophene rings is 1. The molecule has 88 valence electrons. The Morgan fingerprint density at radius 2 is 2.00 bits per heavy atom. The Bertz CT molecular complexity index is 482. The van der Waals surface area contributed by atoms with Crippen molar-refractivity contribution >= 4 is 23.1 Å². The van der Waals surface area contributed by atoms with Crippen molar-refractivity contribution in [2.45, 2.75) is 6.54 Å². The first-order chi connectivity index (χ1) is 8.24. The standard InChI is InChI=1S/C12H11FN2OS/c13-10-1-3-11(4-2-10)15-12(16)14-7-9-5-6-17-8-9/h1-6,8H,7H2,(H2,14,15,16). The molecule has 0 bridgehead atoms. The van der Waals surface area contributed by atoms with Crippen molar-refractivity contribution in [1.29, 1.82) is 0 Å². The van der Waals surface area contributed by atoms with Gasteiger partial charge in [-0.25, -0.2) is 9.18 Å². The fourth-order valence-corrected chi connectivity index (χ4v) is 1.95. The average molecular weight is 250 g/mol. The number of benzene rings is 1. The van der Waals surface area contributed by atoms with Crippen molar-refractivity contribution in [2.24, 2.45) is 0 Å². The van der Waals surface area contributed by atoms with Crippen LogP contribution in [0.1, 0.15) is 5.56 Å². The zero-order chi connectivity index (χ0) is 12.1. The average Bonchev–Trinajstić information content (AvgIpc) is 2.83. The molecule has 0 aliphatic carbocycles. The van der Waals surface area contributed by atoms with Crippen LogP contribution in [0.15, 0.2) is 41.1 Å². The highest BCUT2D eigenvalue weighted by atomic mass is 32.1. The van der Waals surface area contributed by atoms with Crippen LogP contribution in [-0.2, 0) is 6.54 Å². The maximum Gasteiger partial charge on any atom is 0.319 e. The van der Waals surface area contributed by atoms with Crippen LogP contribution >= 0.6 is 11.3 Å². The molecule has 2 amide bonds. The lowest BCUT2D eigenvalue weighted by atomic mass is 10.3. The van der Waals surface area contributed by atoms with E-state index in [0.717, 1.165) is 5.56 Å². The molecule has 0 saturated carbocycles. The lowest BCUT2D eigenvalue weighted by Crippen LogP contribution is -2.27. The third kappa shape index (κ3) is 3.57. The summed E-state index contributed by atoms with van der Waals surface area (Å²) in [5, 5.41) is 9.25. The maximum atomic E-state index is 12.6. The third-order valence-electron chi connectivity index (χ3n) is 2.14. The van der Waals surface area contributed by atoms with Gasteiger partial charge in [0.05, 0.1) is 0 Å². The highest BCUT2D eigenvalue weighted by Gasteiger charge is 2.01. The predicted molar refractivity (Wildman–Crippen MR) is 66.6 cm³/mol. The van der Waals surface area contributed by atoms with Gasteiger partial charge in [-0.05, 0) is 46.7 Å². The van der Waals surface area contributed by atoms with Gasteiger partial charge >= 0.3 is 6.03 Å². The zero-order valence-electron chi connectivity index (χ0n) is 8.94. The van der Waals surface area contributed by atoms with Gasteiger partial charge in [0.25, 0.3) is 0 Å².